The zero-order valence-corrected chi connectivity index (χ0v) is 12.9. The smallest absolute Gasteiger partial charge is 0.254 e. The summed E-state index contributed by atoms with van der Waals surface area (Å²) in [6.07, 6.45) is 3.57. The summed E-state index contributed by atoms with van der Waals surface area (Å²) in [5.41, 5.74) is 2.49. The molecule has 3 nitrogen and oxygen atoms in total. The third-order valence-electron chi connectivity index (χ3n) is 4.69. The molecule has 3 rings (SSSR count). The van der Waals surface area contributed by atoms with Crippen molar-refractivity contribution in [1.82, 2.24) is 4.90 Å². The summed E-state index contributed by atoms with van der Waals surface area (Å²) in [6, 6.07) is 5.58. The summed E-state index contributed by atoms with van der Waals surface area (Å²) in [4.78, 5) is 26.5. The molecule has 112 valence electrons. The molecule has 0 unspecified atom stereocenters. The maximum atomic E-state index is 12.8. The van der Waals surface area contributed by atoms with Crippen LogP contribution < -0.4 is 0 Å². The number of hydrogen-bond acceptors (Lipinski definition) is 2. The van der Waals surface area contributed by atoms with Crippen LogP contribution in [0.1, 0.15) is 59.4 Å². The third kappa shape index (κ3) is 2.74. The minimum atomic E-state index is 0.118. The molecule has 0 N–H and O–H groups in total. The van der Waals surface area contributed by atoms with E-state index in [0.717, 1.165) is 42.6 Å². The molecule has 0 aromatic heterocycles. The largest absolute Gasteiger partial charge is 0.338 e. The van der Waals surface area contributed by atoms with E-state index >= 15 is 0 Å². The topological polar surface area (TPSA) is 37.4 Å². The molecule has 1 heterocycles. The predicted molar refractivity (Wildman–Crippen MR) is 82.6 cm³/mol. The molecule has 0 bridgehead atoms. The molecule has 1 aromatic carbocycles. The minimum absolute atomic E-state index is 0.118. The van der Waals surface area contributed by atoms with Crippen molar-refractivity contribution in [1.29, 1.82) is 0 Å². The van der Waals surface area contributed by atoms with Crippen LogP contribution in [-0.4, -0.2) is 29.7 Å². The van der Waals surface area contributed by atoms with Crippen molar-refractivity contribution in [3.63, 3.8) is 0 Å². The SMILES string of the molecule is CC(C)C[C@H]1CCN(C(=O)c2cccc3c2CCC3=O)C1. The lowest BCUT2D eigenvalue weighted by molar-refractivity contribution is 0.0784. The van der Waals surface area contributed by atoms with E-state index < -0.39 is 0 Å². The van der Waals surface area contributed by atoms with E-state index in [1.807, 2.05) is 23.1 Å². The summed E-state index contributed by atoms with van der Waals surface area (Å²) in [7, 11) is 0. The van der Waals surface area contributed by atoms with Gasteiger partial charge in [0.15, 0.2) is 5.78 Å². The average molecular weight is 285 g/mol. The van der Waals surface area contributed by atoms with E-state index in [-0.39, 0.29) is 11.7 Å². The number of rotatable bonds is 3. The fraction of sp³-hybridized carbons (Fsp3) is 0.556. The molecule has 1 aromatic rings. The zero-order chi connectivity index (χ0) is 15.0. The molecule has 2 aliphatic rings. The highest BCUT2D eigenvalue weighted by atomic mass is 16.2. The minimum Gasteiger partial charge on any atom is -0.338 e. The predicted octanol–water partition coefficient (Wildman–Crippen LogP) is 3.32. The number of benzene rings is 1. The molecule has 1 saturated heterocycles. The summed E-state index contributed by atoms with van der Waals surface area (Å²) < 4.78 is 0. The van der Waals surface area contributed by atoms with Gasteiger partial charge in [-0.25, -0.2) is 0 Å². The van der Waals surface area contributed by atoms with Gasteiger partial charge in [0.25, 0.3) is 5.91 Å². The van der Waals surface area contributed by atoms with E-state index in [9.17, 15) is 9.59 Å². The molecule has 0 radical (unpaired) electrons. The van der Waals surface area contributed by atoms with Crippen LogP contribution in [0.2, 0.25) is 0 Å². The second-order valence-corrected chi connectivity index (χ2v) is 6.79. The van der Waals surface area contributed by atoms with E-state index in [1.165, 1.54) is 6.42 Å². The van der Waals surface area contributed by atoms with Crippen molar-refractivity contribution in [2.75, 3.05) is 13.1 Å². The van der Waals surface area contributed by atoms with Crippen LogP contribution in [0.5, 0.6) is 0 Å². The Morgan fingerprint density at radius 2 is 2.14 bits per heavy atom. The lowest BCUT2D eigenvalue weighted by Crippen LogP contribution is -2.29. The van der Waals surface area contributed by atoms with Gasteiger partial charge in [-0.05, 0) is 42.7 Å². The Hall–Kier alpha value is -1.64. The molecule has 1 aliphatic heterocycles. The number of carbonyl (C=O) groups is 2. The number of ketones is 1. The normalized spacial score (nSPS) is 21.2. The maximum absolute atomic E-state index is 12.8. The maximum Gasteiger partial charge on any atom is 0.254 e. The van der Waals surface area contributed by atoms with Crippen molar-refractivity contribution in [2.45, 2.75) is 39.5 Å². The fourth-order valence-corrected chi connectivity index (χ4v) is 3.74. The van der Waals surface area contributed by atoms with Gasteiger partial charge < -0.3 is 4.90 Å². The van der Waals surface area contributed by atoms with Crippen LogP contribution in [0.15, 0.2) is 18.2 Å². The first-order valence-corrected chi connectivity index (χ1v) is 8.00. The first kappa shape index (κ1) is 14.3. The van der Waals surface area contributed by atoms with Crippen LogP contribution in [0.4, 0.5) is 0 Å². The number of nitrogens with zero attached hydrogens (tertiary/aromatic N) is 1. The molecule has 1 aliphatic carbocycles. The second-order valence-electron chi connectivity index (χ2n) is 6.79. The summed E-state index contributed by atoms with van der Waals surface area (Å²) in [5, 5.41) is 0. The van der Waals surface area contributed by atoms with Gasteiger partial charge in [-0.2, -0.15) is 0 Å². The third-order valence-corrected chi connectivity index (χ3v) is 4.69. The van der Waals surface area contributed by atoms with Crippen LogP contribution >= 0.6 is 0 Å². The summed E-state index contributed by atoms with van der Waals surface area (Å²) >= 11 is 0. The zero-order valence-electron chi connectivity index (χ0n) is 12.9. The summed E-state index contributed by atoms with van der Waals surface area (Å²) in [5.74, 6) is 1.61. The number of likely N-dealkylation sites (tertiary alicyclic amines) is 1. The van der Waals surface area contributed by atoms with Crippen LogP contribution in [0.25, 0.3) is 0 Å². The Morgan fingerprint density at radius 3 is 2.90 bits per heavy atom. The van der Waals surface area contributed by atoms with Gasteiger partial charge in [0.05, 0.1) is 0 Å². The van der Waals surface area contributed by atoms with Gasteiger partial charge in [0, 0.05) is 30.6 Å². The Bertz CT molecular complexity index is 577. The Labute approximate surface area is 126 Å². The molecule has 21 heavy (non-hydrogen) atoms. The van der Waals surface area contributed by atoms with Gasteiger partial charge >= 0.3 is 0 Å². The highest BCUT2D eigenvalue weighted by molar-refractivity contribution is 6.05. The highest BCUT2D eigenvalue weighted by Gasteiger charge is 2.31. The Morgan fingerprint density at radius 1 is 1.33 bits per heavy atom. The monoisotopic (exact) mass is 285 g/mol. The molecule has 0 saturated carbocycles. The molecule has 3 heteroatoms. The van der Waals surface area contributed by atoms with Crippen molar-refractivity contribution >= 4 is 11.7 Å². The number of amides is 1. The van der Waals surface area contributed by atoms with Crippen molar-refractivity contribution < 1.29 is 9.59 Å². The molecule has 1 atom stereocenters. The van der Waals surface area contributed by atoms with E-state index in [2.05, 4.69) is 13.8 Å². The average Bonchev–Trinajstić information content (AvgIpc) is 3.05. The van der Waals surface area contributed by atoms with Gasteiger partial charge in [0.1, 0.15) is 0 Å². The highest BCUT2D eigenvalue weighted by Crippen LogP contribution is 2.29. The fourth-order valence-electron chi connectivity index (χ4n) is 3.74. The first-order valence-electron chi connectivity index (χ1n) is 8.00. The van der Waals surface area contributed by atoms with Crippen molar-refractivity contribution in [3.8, 4) is 0 Å². The standard InChI is InChI=1S/C18H23NO2/c1-12(2)10-13-8-9-19(11-13)18(21)16-5-3-4-15-14(16)6-7-17(15)20/h3-5,12-13H,6-11H2,1-2H3/t13-/m1/s1. The lowest BCUT2D eigenvalue weighted by Gasteiger charge is -2.19. The summed E-state index contributed by atoms with van der Waals surface area (Å²) in [6.45, 7) is 6.20. The number of hydrogen-bond donors (Lipinski definition) is 0. The molecule has 1 amide bonds. The van der Waals surface area contributed by atoms with E-state index in [1.54, 1.807) is 0 Å². The number of Topliss-reactive ketones (excluding diaryl/α,β-unsaturated/α-hetero) is 1. The van der Waals surface area contributed by atoms with Gasteiger partial charge in [-0.15, -0.1) is 0 Å². The molecular formula is C18H23NO2. The molecule has 1 fully saturated rings. The van der Waals surface area contributed by atoms with Crippen LogP contribution in [0, 0.1) is 11.8 Å². The van der Waals surface area contributed by atoms with Crippen LogP contribution in [0.3, 0.4) is 0 Å². The second kappa shape index (κ2) is 5.63. The van der Waals surface area contributed by atoms with Gasteiger partial charge in [-0.1, -0.05) is 26.0 Å². The molecular weight excluding hydrogens is 262 g/mol. The number of carbonyl (C=O) groups excluding carboxylic acids is 2. The van der Waals surface area contributed by atoms with Gasteiger partial charge in [-0.3, -0.25) is 9.59 Å². The van der Waals surface area contributed by atoms with Crippen molar-refractivity contribution in [2.24, 2.45) is 11.8 Å². The first-order chi connectivity index (χ1) is 10.1. The quantitative estimate of drug-likeness (QED) is 0.854. The van der Waals surface area contributed by atoms with E-state index in [0.29, 0.717) is 18.3 Å². The Balaban J connectivity index is 1.77. The number of fused-ring (bicyclic) bond motifs is 1. The molecule has 0 spiro atoms. The van der Waals surface area contributed by atoms with Gasteiger partial charge in [0.2, 0.25) is 0 Å². The Kier molecular flexibility index (Phi) is 3.83. The van der Waals surface area contributed by atoms with E-state index in [4.69, 9.17) is 0 Å². The van der Waals surface area contributed by atoms with Crippen LogP contribution in [-0.2, 0) is 6.42 Å². The van der Waals surface area contributed by atoms with Crippen molar-refractivity contribution in [3.05, 3.63) is 34.9 Å². The lowest BCUT2D eigenvalue weighted by atomic mass is 9.97.